The quantitative estimate of drug-likeness (QED) is 0.0910. The molecule has 0 radical (unpaired) electrons. The van der Waals surface area contributed by atoms with Crippen molar-refractivity contribution >= 4 is 40.9 Å². The van der Waals surface area contributed by atoms with Crippen LogP contribution in [0.15, 0.2) is 199 Å². The Kier molecular flexibility index (Phi) is 17.6. The summed E-state index contributed by atoms with van der Waals surface area (Å²) in [5, 5.41) is 0. The van der Waals surface area contributed by atoms with Crippen molar-refractivity contribution in [1.29, 1.82) is 0 Å². The molecule has 0 bridgehead atoms. The predicted octanol–water partition coefficient (Wildman–Crippen LogP) is 5.93. The number of halogens is 4. The normalized spacial score (nSPS) is 13.2. The van der Waals surface area contributed by atoms with Crippen molar-refractivity contribution in [2.24, 2.45) is 0 Å². The summed E-state index contributed by atoms with van der Waals surface area (Å²) in [5.41, 5.74) is 10.3. The van der Waals surface area contributed by atoms with Crippen molar-refractivity contribution < 1.29 is 82.8 Å². The Morgan fingerprint density at radius 1 is 0.329 bits per heavy atom. The van der Waals surface area contributed by atoms with Gasteiger partial charge in [-0.2, -0.15) is 28.0 Å². The molecule has 400 valence electrons. The third-order valence-corrected chi connectivity index (χ3v) is 28.5. The van der Waals surface area contributed by atoms with Gasteiger partial charge in [0.05, 0.1) is 0 Å². The van der Waals surface area contributed by atoms with Gasteiger partial charge < -0.3 is 0 Å². The van der Waals surface area contributed by atoms with Gasteiger partial charge >= 0.3 is 311 Å². The van der Waals surface area contributed by atoms with Crippen LogP contribution in [-0.2, 0) is 22.9 Å². The molecule has 0 saturated carbocycles. The van der Waals surface area contributed by atoms with Crippen LogP contribution in [0.4, 0.5) is 0 Å². The first-order valence-corrected chi connectivity index (χ1v) is 33.5. The summed E-state index contributed by atoms with van der Waals surface area (Å²) >= 11 is -3.35. The fraction of sp³-hybridized carbons (Fsp3) is 0.172. The Bertz CT molecular complexity index is 3030. The van der Waals surface area contributed by atoms with E-state index in [9.17, 15) is 41.9 Å². The van der Waals surface area contributed by atoms with Crippen molar-refractivity contribution in [2.45, 2.75) is 97.6 Å². The summed E-state index contributed by atoms with van der Waals surface area (Å²) in [4.78, 5) is 3.40. The average Bonchev–Trinajstić information content (AvgIpc) is 3.43. The van der Waals surface area contributed by atoms with Crippen LogP contribution >= 0.6 is 40.9 Å². The molecular formula is C58H56Cl3IO12S2. The molecule has 0 aliphatic rings. The molecule has 8 aromatic rings. The van der Waals surface area contributed by atoms with E-state index in [0.717, 1.165) is 66.8 Å². The molecule has 0 saturated heterocycles. The summed E-state index contributed by atoms with van der Waals surface area (Å²) in [6, 6.07) is 51.2. The summed E-state index contributed by atoms with van der Waals surface area (Å²) in [5.74, 6) is 0. The number of hydrogen-bond acceptors (Lipinski definition) is 12. The van der Waals surface area contributed by atoms with E-state index in [1.54, 1.807) is 48.5 Å². The molecule has 0 aromatic heterocycles. The number of hydrogen-bond donors (Lipinski definition) is 0. The molecule has 0 spiro atoms. The van der Waals surface area contributed by atoms with Gasteiger partial charge in [-0.25, -0.2) is 0 Å². The van der Waals surface area contributed by atoms with E-state index in [4.69, 9.17) is 10.1 Å². The summed E-state index contributed by atoms with van der Waals surface area (Å²) in [6.07, 6.45) is 0.864. The van der Waals surface area contributed by atoms with Crippen LogP contribution < -0.4 is 41.9 Å². The first-order chi connectivity index (χ1) is 35.8. The molecular weight excluding hydrogens is 1190 g/mol. The fourth-order valence-corrected chi connectivity index (χ4v) is 24.0. The van der Waals surface area contributed by atoms with E-state index in [-0.39, 0.29) is 0 Å². The second kappa shape index (κ2) is 23.1. The van der Waals surface area contributed by atoms with Crippen LogP contribution in [0, 0.1) is 93.3 Å². The molecule has 8 rings (SSSR count). The van der Waals surface area contributed by atoms with Crippen molar-refractivity contribution in [3.8, 4) is 0 Å². The molecule has 8 aromatic carbocycles. The van der Waals surface area contributed by atoms with Gasteiger partial charge in [-0.15, -0.1) is 0 Å². The van der Waals surface area contributed by atoms with Crippen molar-refractivity contribution in [3.05, 3.63) is 244 Å². The minimum absolute atomic E-state index is 0.432. The molecule has 0 aliphatic heterocycles. The molecule has 0 N–H and O–H groups in total. The fourth-order valence-electron chi connectivity index (χ4n) is 9.09. The minimum Gasteiger partial charge on any atom is -0.0608 e. The smallest absolute Gasteiger partial charge is 0.0608 e. The van der Waals surface area contributed by atoms with Crippen LogP contribution in [0.3, 0.4) is 0 Å². The molecule has 12 nitrogen and oxygen atoms in total. The van der Waals surface area contributed by atoms with Crippen LogP contribution in [0.25, 0.3) is 0 Å². The topological polar surface area (TPSA) is 235 Å². The van der Waals surface area contributed by atoms with Crippen LogP contribution in [0.5, 0.6) is 0 Å². The second-order valence-electron chi connectivity index (χ2n) is 18.4. The van der Waals surface area contributed by atoms with Gasteiger partial charge in [0.25, 0.3) is 0 Å². The third-order valence-electron chi connectivity index (χ3n) is 13.5. The predicted molar refractivity (Wildman–Crippen MR) is 274 cm³/mol. The molecule has 18 heteroatoms. The SMILES string of the molecule is Cc1cccc(S(O[Cl+3]([O-])([O-])[O-])(c2ccc(Cc3ccc(I(O[Cl+3]([O-])([O-])[O-])c4ccc(Cc5ccc(S(O[Cl+3]([O-])([O-])[O-])(c6cccc(C)c6C)c6cccc(C)c6C)cc5)cc4)cc3)cc2)c2cccc(C)c2C)c1C. The zero-order chi connectivity index (χ0) is 55.0. The van der Waals surface area contributed by atoms with E-state index < -0.39 is 71.6 Å². The van der Waals surface area contributed by atoms with Gasteiger partial charge in [0.2, 0.25) is 0 Å². The number of rotatable bonds is 18. The maximum atomic E-state index is 12.7. The van der Waals surface area contributed by atoms with E-state index in [2.05, 4.69) is 0 Å². The standard InChI is InChI=1S/C58H56Cl3IO12S2/c1-39-13-9-17-55(43(39)5)75(73-60(66,67)68,56-18-10-14-40(2)44(56)6)53-33-25-49(26-34-53)37-47-21-29-51(30-22-47)62(72-59(63,64)65)52-31-23-48(24-32-52)38-50-27-35-54(36-28-50)76(74-61(69,70)71,57-19-11-15-41(3)45(57)7)58-20-12-16-42(4)46(58)8/h9-36H,37-38H2,1-8H3. The first kappa shape index (κ1) is 57.7. The number of aryl methyl sites for hydroxylation is 4. The van der Waals surface area contributed by atoms with Gasteiger partial charge in [-0.05, 0) is 77.6 Å². The molecule has 76 heavy (non-hydrogen) atoms. The van der Waals surface area contributed by atoms with E-state index in [0.29, 0.717) is 49.4 Å². The molecule has 0 aliphatic carbocycles. The van der Waals surface area contributed by atoms with E-state index in [1.807, 2.05) is 177 Å². The molecule has 0 fully saturated rings. The van der Waals surface area contributed by atoms with E-state index >= 15 is 0 Å². The van der Waals surface area contributed by atoms with Crippen LogP contribution in [0.1, 0.15) is 66.8 Å². The molecule has 0 amide bonds. The number of benzene rings is 8. The first-order valence-electron chi connectivity index (χ1n) is 23.6. The average molecular weight is 1240 g/mol. The Labute approximate surface area is 461 Å². The van der Waals surface area contributed by atoms with Crippen molar-refractivity contribution in [2.75, 3.05) is 0 Å². The Morgan fingerprint density at radius 3 is 0.816 bits per heavy atom. The van der Waals surface area contributed by atoms with Gasteiger partial charge in [-0.3, -0.25) is 0 Å². The van der Waals surface area contributed by atoms with E-state index in [1.165, 1.54) is 0 Å². The second-order valence-corrected chi connectivity index (χ2v) is 31.6. The molecule has 0 unspecified atom stereocenters. The maximum absolute atomic E-state index is 12.7. The van der Waals surface area contributed by atoms with Gasteiger partial charge in [0, 0.05) is 0 Å². The van der Waals surface area contributed by atoms with Gasteiger partial charge in [0.1, 0.15) is 0 Å². The van der Waals surface area contributed by atoms with Gasteiger partial charge in [-0.1, -0.05) is 48.5 Å². The molecule has 0 atom stereocenters. The Hall–Kier alpha value is -4.42. The van der Waals surface area contributed by atoms with Crippen LogP contribution in [0.2, 0.25) is 0 Å². The summed E-state index contributed by atoms with van der Waals surface area (Å²) < 4.78 is 131. The minimum atomic E-state index is -4.90. The van der Waals surface area contributed by atoms with Crippen LogP contribution in [-0.4, -0.2) is 0 Å². The zero-order valence-electron chi connectivity index (χ0n) is 42.8. The Balaban J connectivity index is 1.05. The summed E-state index contributed by atoms with van der Waals surface area (Å²) in [6.45, 7) is 15.2. The molecule has 0 heterocycles. The monoisotopic (exact) mass is 1240 g/mol. The van der Waals surface area contributed by atoms with Gasteiger partial charge in [0.15, 0.2) is 0 Å². The van der Waals surface area contributed by atoms with Crippen molar-refractivity contribution in [3.63, 3.8) is 0 Å². The van der Waals surface area contributed by atoms with Crippen molar-refractivity contribution in [1.82, 2.24) is 0 Å². The zero-order valence-corrected chi connectivity index (χ0v) is 48.9. The summed E-state index contributed by atoms with van der Waals surface area (Å²) in [7, 11) is -20.8. The Morgan fingerprint density at radius 2 is 0.579 bits per heavy atom. The third kappa shape index (κ3) is 12.7.